The predicted octanol–water partition coefficient (Wildman–Crippen LogP) is 15.7. The number of allylic oxidation sites excluding steroid dienone is 2. The molecule has 0 aromatic rings. The van der Waals surface area contributed by atoms with E-state index >= 15 is 0 Å². The highest BCUT2D eigenvalue weighted by Crippen LogP contribution is 2.17. The van der Waals surface area contributed by atoms with Crippen molar-refractivity contribution in [2.45, 2.75) is 302 Å². The van der Waals surface area contributed by atoms with Crippen LogP contribution in [0.25, 0.3) is 0 Å². The summed E-state index contributed by atoms with van der Waals surface area (Å²) < 4.78 is 5.44. The molecule has 2 unspecified atom stereocenters. The van der Waals surface area contributed by atoms with Gasteiger partial charge in [0.1, 0.15) is 0 Å². The van der Waals surface area contributed by atoms with Crippen LogP contribution in [0, 0.1) is 0 Å². The Balaban J connectivity index is 3.49. The standard InChI is InChI=1S/C53H103NO5/c1-3-5-7-9-11-13-15-17-18-19-20-21-22-23-25-26-29-33-37-41-45-51(56)50(49-55)54-52(57)46-42-38-34-30-28-32-36-40-44-48-59-53(58)47-43-39-35-31-27-24-16-14-12-10-8-6-4-2/h14,16,50-51,55-56H,3-13,15,17-49H2,1-2H3,(H,54,57)/b16-14-. The van der Waals surface area contributed by atoms with E-state index in [4.69, 9.17) is 4.74 Å². The number of carbonyl (C=O) groups is 2. The zero-order valence-electron chi connectivity index (χ0n) is 39.7. The van der Waals surface area contributed by atoms with Gasteiger partial charge in [0.15, 0.2) is 0 Å². The second-order valence-electron chi connectivity index (χ2n) is 18.2. The predicted molar refractivity (Wildman–Crippen MR) is 255 cm³/mol. The molecular formula is C53H103NO5. The van der Waals surface area contributed by atoms with Crippen LogP contribution in [0.2, 0.25) is 0 Å². The van der Waals surface area contributed by atoms with E-state index in [2.05, 4.69) is 31.3 Å². The molecule has 0 aliphatic carbocycles. The average Bonchev–Trinajstić information content (AvgIpc) is 3.24. The summed E-state index contributed by atoms with van der Waals surface area (Å²) in [5.41, 5.74) is 0. The Kier molecular flexibility index (Phi) is 48.1. The van der Waals surface area contributed by atoms with Crippen molar-refractivity contribution in [3.8, 4) is 0 Å². The van der Waals surface area contributed by atoms with Gasteiger partial charge in [0, 0.05) is 12.8 Å². The molecule has 0 fully saturated rings. The van der Waals surface area contributed by atoms with Gasteiger partial charge in [-0.05, 0) is 51.4 Å². The summed E-state index contributed by atoms with van der Waals surface area (Å²) in [7, 11) is 0. The Labute approximate surface area is 368 Å². The number of amides is 1. The van der Waals surface area contributed by atoms with Gasteiger partial charge in [-0.1, -0.05) is 238 Å². The third kappa shape index (κ3) is 45.9. The van der Waals surface area contributed by atoms with E-state index in [9.17, 15) is 19.8 Å². The molecule has 0 bridgehead atoms. The molecule has 6 heteroatoms. The molecule has 350 valence electrons. The van der Waals surface area contributed by atoms with E-state index in [0.29, 0.717) is 25.9 Å². The number of hydrogen-bond donors (Lipinski definition) is 3. The van der Waals surface area contributed by atoms with Crippen molar-refractivity contribution in [3.05, 3.63) is 12.2 Å². The lowest BCUT2D eigenvalue weighted by Crippen LogP contribution is -2.45. The Morgan fingerprint density at radius 3 is 1.22 bits per heavy atom. The molecular weight excluding hydrogens is 731 g/mol. The van der Waals surface area contributed by atoms with Crippen molar-refractivity contribution >= 4 is 11.9 Å². The van der Waals surface area contributed by atoms with Crippen LogP contribution < -0.4 is 5.32 Å². The number of aliphatic hydroxyl groups is 2. The van der Waals surface area contributed by atoms with E-state index in [-0.39, 0.29) is 18.5 Å². The fraction of sp³-hybridized carbons (Fsp3) is 0.925. The highest BCUT2D eigenvalue weighted by Gasteiger charge is 2.20. The molecule has 0 spiro atoms. The van der Waals surface area contributed by atoms with Crippen molar-refractivity contribution in [2.75, 3.05) is 13.2 Å². The summed E-state index contributed by atoms with van der Waals surface area (Å²) >= 11 is 0. The monoisotopic (exact) mass is 834 g/mol. The first-order valence-corrected chi connectivity index (χ1v) is 26.4. The fourth-order valence-electron chi connectivity index (χ4n) is 8.22. The number of unbranched alkanes of at least 4 members (excludes halogenated alkanes) is 36. The maximum absolute atomic E-state index is 12.5. The minimum atomic E-state index is -0.682. The molecule has 1 amide bonds. The number of esters is 1. The summed E-state index contributed by atoms with van der Waals surface area (Å²) in [6.45, 7) is 4.88. The van der Waals surface area contributed by atoms with E-state index in [1.165, 1.54) is 199 Å². The van der Waals surface area contributed by atoms with Crippen molar-refractivity contribution in [1.29, 1.82) is 0 Å². The first-order chi connectivity index (χ1) is 29.0. The Morgan fingerprint density at radius 2 is 0.797 bits per heavy atom. The van der Waals surface area contributed by atoms with Gasteiger partial charge in [-0.2, -0.15) is 0 Å². The minimum absolute atomic E-state index is 0.0334. The zero-order chi connectivity index (χ0) is 43.0. The lowest BCUT2D eigenvalue weighted by Gasteiger charge is -2.22. The largest absolute Gasteiger partial charge is 0.466 e. The molecule has 0 saturated heterocycles. The Hall–Kier alpha value is -1.40. The molecule has 0 aliphatic heterocycles. The minimum Gasteiger partial charge on any atom is -0.466 e. The molecule has 3 N–H and O–H groups in total. The third-order valence-electron chi connectivity index (χ3n) is 12.3. The van der Waals surface area contributed by atoms with Crippen LogP contribution >= 0.6 is 0 Å². The molecule has 0 aromatic carbocycles. The summed E-state index contributed by atoms with van der Waals surface area (Å²) in [4.78, 5) is 24.5. The topological polar surface area (TPSA) is 95.9 Å². The summed E-state index contributed by atoms with van der Waals surface area (Å²) in [6.07, 6.45) is 56.1. The maximum atomic E-state index is 12.5. The summed E-state index contributed by atoms with van der Waals surface area (Å²) in [6, 6.07) is -0.561. The molecule has 0 aliphatic rings. The lowest BCUT2D eigenvalue weighted by molar-refractivity contribution is -0.143. The van der Waals surface area contributed by atoms with Gasteiger partial charge in [0.25, 0.3) is 0 Å². The van der Waals surface area contributed by atoms with E-state index < -0.39 is 12.1 Å². The Morgan fingerprint density at radius 1 is 0.458 bits per heavy atom. The molecule has 0 saturated carbocycles. The first kappa shape index (κ1) is 57.6. The maximum Gasteiger partial charge on any atom is 0.305 e. The smallest absolute Gasteiger partial charge is 0.305 e. The molecule has 2 atom stereocenters. The highest BCUT2D eigenvalue weighted by molar-refractivity contribution is 5.76. The number of hydrogen-bond acceptors (Lipinski definition) is 5. The van der Waals surface area contributed by atoms with Gasteiger partial charge in [-0.3, -0.25) is 9.59 Å². The SMILES string of the molecule is CCCCCC/C=C\CCCCCCCC(=O)OCCCCCCCCCCCC(=O)NC(CO)C(O)CCCCCCCCCCCCCCCCCCCCCC. The van der Waals surface area contributed by atoms with Crippen molar-refractivity contribution in [3.63, 3.8) is 0 Å². The highest BCUT2D eigenvalue weighted by atomic mass is 16.5. The second-order valence-corrected chi connectivity index (χ2v) is 18.2. The van der Waals surface area contributed by atoms with E-state index in [1.807, 2.05) is 0 Å². The number of aliphatic hydroxyl groups excluding tert-OH is 2. The lowest BCUT2D eigenvalue weighted by atomic mass is 10.0. The van der Waals surface area contributed by atoms with Gasteiger partial charge in [-0.15, -0.1) is 0 Å². The van der Waals surface area contributed by atoms with Gasteiger partial charge in [0.2, 0.25) is 5.91 Å². The fourth-order valence-corrected chi connectivity index (χ4v) is 8.22. The van der Waals surface area contributed by atoms with Crippen LogP contribution in [-0.4, -0.2) is 47.4 Å². The van der Waals surface area contributed by atoms with E-state index in [0.717, 1.165) is 57.8 Å². The van der Waals surface area contributed by atoms with Crippen molar-refractivity contribution < 1.29 is 24.5 Å². The second kappa shape index (κ2) is 49.3. The Bertz CT molecular complexity index is 878. The van der Waals surface area contributed by atoms with Gasteiger partial charge < -0.3 is 20.3 Å². The molecule has 59 heavy (non-hydrogen) atoms. The average molecular weight is 834 g/mol. The van der Waals surface area contributed by atoms with Crippen molar-refractivity contribution in [2.24, 2.45) is 0 Å². The van der Waals surface area contributed by atoms with Crippen molar-refractivity contribution in [1.82, 2.24) is 5.32 Å². The van der Waals surface area contributed by atoms with Crippen LogP contribution in [0.3, 0.4) is 0 Å². The molecule has 0 aromatic heterocycles. The van der Waals surface area contributed by atoms with Gasteiger partial charge >= 0.3 is 5.97 Å². The normalized spacial score (nSPS) is 12.7. The molecule has 0 rings (SSSR count). The number of carbonyl (C=O) groups excluding carboxylic acids is 2. The van der Waals surface area contributed by atoms with Gasteiger partial charge in [-0.25, -0.2) is 0 Å². The number of ether oxygens (including phenoxy) is 1. The summed E-state index contributed by atoms with van der Waals surface area (Å²) in [5.74, 6) is -0.0940. The molecule has 0 heterocycles. The van der Waals surface area contributed by atoms with E-state index in [1.54, 1.807) is 0 Å². The summed E-state index contributed by atoms with van der Waals surface area (Å²) in [5, 5.41) is 23.3. The van der Waals surface area contributed by atoms with Crippen LogP contribution in [0.4, 0.5) is 0 Å². The first-order valence-electron chi connectivity index (χ1n) is 26.4. The van der Waals surface area contributed by atoms with Crippen LogP contribution in [0.15, 0.2) is 12.2 Å². The van der Waals surface area contributed by atoms with Crippen LogP contribution in [0.5, 0.6) is 0 Å². The quantitative estimate of drug-likeness (QED) is 0.0322. The molecule has 6 nitrogen and oxygen atoms in total. The number of rotatable bonds is 49. The zero-order valence-corrected chi connectivity index (χ0v) is 39.7. The third-order valence-corrected chi connectivity index (χ3v) is 12.3. The number of nitrogens with one attached hydrogen (secondary N) is 1. The molecule has 0 radical (unpaired) electrons. The van der Waals surface area contributed by atoms with Crippen LogP contribution in [0.1, 0.15) is 290 Å². The van der Waals surface area contributed by atoms with Crippen LogP contribution in [-0.2, 0) is 14.3 Å². The van der Waals surface area contributed by atoms with Gasteiger partial charge in [0.05, 0.1) is 25.4 Å².